The van der Waals surface area contributed by atoms with E-state index in [0.717, 1.165) is 71.6 Å². The molecule has 4 heterocycles. The monoisotopic (exact) mass is 344 g/mol. The van der Waals surface area contributed by atoms with Gasteiger partial charge in [0.25, 0.3) is 0 Å². The molecule has 2 amide bonds. The molecule has 6 heteroatoms. The lowest BCUT2D eigenvalue weighted by Crippen LogP contribution is -2.64. The fourth-order valence-electron chi connectivity index (χ4n) is 4.22. The zero-order valence-corrected chi connectivity index (χ0v) is 14.8. The highest BCUT2D eigenvalue weighted by molar-refractivity contribution is 5.74. The van der Waals surface area contributed by atoms with Gasteiger partial charge in [0.05, 0.1) is 12.2 Å². The summed E-state index contributed by atoms with van der Waals surface area (Å²) in [6, 6.07) is 4.21. The Morgan fingerprint density at radius 1 is 1.36 bits per heavy atom. The molecule has 3 saturated heterocycles. The zero-order chi connectivity index (χ0) is 17.1. The predicted molar refractivity (Wildman–Crippen MR) is 95.1 cm³/mol. The van der Waals surface area contributed by atoms with E-state index < -0.39 is 0 Å². The molecule has 1 spiro atoms. The van der Waals surface area contributed by atoms with Gasteiger partial charge in [-0.05, 0) is 43.2 Å². The summed E-state index contributed by atoms with van der Waals surface area (Å²) in [4.78, 5) is 20.6. The number of aromatic nitrogens is 1. The maximum atomic E-state index is 12.1. The van der Waals surface area contributed by atoms with Gasteiger partial charge in [0, 0.05) is 51.7 Å². The molecule has 136 valence electrons. The number of nitrogens with one attached hydrogen (secondary N) is 1. The van der Waals surface area contributed by atoms with Crippen molar-refractivity contribution in [3.05, 3.63) is 30.1 Å². The van der Waals surface area contributed by atoms with Crippen molar-refractivity contribution >= 4 is 6.03 Å². The number of hydrogen-bond acceptors (Lipinski definition) is 4. The van der Waals surface area contributed by atoms with E-state index in [9.17, 15) is 4.79 Å². The van der Waals surface area contributed by atoms with E-state index in [4.69, 9.17) is 4.74 Å². The Kier molecular flexibility index (Phi) is 4.90. The van der Waals surface area contributed by atoms with Crippen LogP contribution in [-0.2, 0) is 11.3 Å². The second-order valence-corrected chi connectivity index (χ2v) is 7.79. The van der Waals surface area contributed by atoms with Crippen molar-refractivity contribution in [2.45, 2.75) is 37.8 Å². The van der Waals surface area contributed by atoms with E-state index in [2.05, 4.69) is 21.3 Å². The van der Waals surface area contributed by atoms with Crippen LogP contribution in [0, 0.1) is 5.92 Å². The summed E-state index contributed by atoms with van der Waals surface area (Å²) >= 11 is 0. The lowest BCUT2D eigenvalue weighted by molar-refractivity contribution is -0.181. The molecule has 3 aliphatic rings. The third-order valence-corrected chi connectivity index (χ3v) is 5.72. The number of rotatable bonds is 4. The molecule has 1 aromatic heterocycles. The summed E-state index contributed by atoms with van der Waals surface area (Å²) in [7, 11) is 0. The number of ether oxygens (including phenoxy) is 1. The third kappa shape index (κ3) is 3.96. The molecule has 25 heavy (non-hydrogen) atoms. The Morgan fingerprint density at radius 2 is 2.20 bits per heavy atom. The summed E-state index contributed by atoms with van der Waals surface area (Å²) in [5.74, 6) is 0.449. The number of nitrogens with zero attached hydrogens (tertiary/aromatic N) is 3. The second kappa shape index (κ2) is 7.30. The summed E-state index contributed by atoms with van der Waals surface area (Å²) in [5.41, 5.74) is 1.31. The quantitative estimate of drug-likeness (QED) is 0.906. The first-order chi connectivity index (χ1) is 12.2. The highest BCUT2D eigenvalue weighted by atomic mass is 16.5. The van der Waals surface area contributed by atoms with E-state index in [-0.39, 0.29) is 11.6 Å². The Morgan fingerprint density at radius 3 is 2.88 bits per heavy atom. The standard InChI is InChI=1S/C19H28N4O2/c24-18(23-8-1-2-9-23)21-11-17-5-6-19(25-13-17)14-22(15-19)12-16-4-3-7-20-10-16/h3-4,7,10,17H,1-2,5-6,8-9,11-15H2,(H,21,24)/t17-/m0/s1. The normalized spacial score (nSPS) is 25.8. The maximum Gasteiger partial charge on any atom is 0.317 e. The average molecular weight is 344 g/mol. The van der Waals surface area contributed by atoms with Crippen LogP contribution in [-0.4, -0.2) is 65.7 Å². The van der Waals surface area contributed by atoms with Crippen LogP contribution in [0.3, 0.4) is 0 Å². The Bertz CT molecular complexity index is 572. The number of hydrogen-bond donors (Lipinski definition) is 1. The van der Waals surface area contributed by atoms with Crippen LogP contribution in [0.2, 0.25) is 0 Å². The first kappa shape index (κ1) is 16.8. The average Bonchev–Trinajstić information content (AvgIpc) is 3.15. The van der Waals surface area contributed by atoms with E-state index in [0.29, 0.717) is 5.92 Å². The van der Waals surface area contributed by atoms with Crippen LogP contribution in [0.1, 0.15) is 31.2 Å². The van der Waals surface area contributed by atoms with E-state index >= 15 is 0 Å². The maximum absolute atomic E-state index is 12.1. The number of carbonyl (C=O) groups excluding carboxylic acids is 1. The van der Waals surface area contributed by atoms with Crippen LogP contribution in [0.15, 0.2) is 24.5 Å². The molecule has 0 unspecified atom stereocenters. The minimum absolute atomic E-state index is 0.0532. The first-order valence-electron chi connectivity index (χ1n) is 9.50. The fourth-order valence-corrected chi connectivity index (χ4v) is 4.22. The molecule has 1 N–H and O–H groups in total. The summed E-state index contributed by atoms with van der Waals surface area (Å²) in [6.45, 7) is 6.29. The molecule has 0 aromatic carbocycles. The molecule has 0 saturated carbocycles. The second-order valence-electron chi connectivity index (χ2n) is 7.79. The Labute approximate surface area is 149 Å². The van der Waals surface area contributed by atoms with Crippen molar-refractivity contribution in [2.75, 3.05) is 39.3 Å². The van der Waals surface area contributed by atoms with Crippen molar-refractivity contribution in [1.82, 2.24) is 20.1 Å². The summed E-state index contributed by atoms with van der Waals surface area (Å²) < 4.78 is 6.22. The van der Waals surface area contributed by atoms with Crippen molar-refractivity contribution in [1.29, 1.82) is 0 Å². The summed E-state index contributed by atoms with van der Waals surface area (Å²) in [5, 5.41) is 3.09. The number of urea groups is 1. The van der Waals surface area contributed by atoms with Crippen LogP contribution in [0.5, 0.6) is 0 Å². The van der Waals surface area contributed by atoms with Gasteiger partial charge in [-0.3, -0.25) is 9.88 Å². The topological polar surface area (TPSA) is 57.7 Å². The molecule has 6 nitrogen and oxygen atoms in total. The molecule has 3 fully saturated rings. The minimum Gasteiger partial charge on any atom is -0.372 e. The van der Waals surface area contributed by atoms with Crippen LogP contribution >= 0.6 is 0 Å². The van der Waals surface area contributed by atoms with Gasteiger partial charge in [0.1, 0.15) is 0 Å². The Hall–Kier alpha value is -1.66. The van der Waals surface area contributed by atoms with Crippen molar-refractivity contribution < 1.29 is 9.53 Å². The SMILES string of the molecule is O=C(NC[C@@H]1CCC2(CN(Cc3cccnc3)C2)OC1)N1CCCC1. The molecular formula is C19H28N4O2. The van der Waals surface area contributed by atoms with E-state index in [1.165, 1.54) is 5.56 Å². The zero-order valence-electron chi connectivity index (χ0n) is 14.8. The van der Waals surface area contributed by atoms with Crippen LogP contribution in [0.4, 0.5) is 4.79 Å². The number of pyridine rings is 1. The lowest BCUT2D eigenvalue weighted by Gasteiger charge is -2.53. The largest absolute Gasteiger partial charge is 0.372 e. The first-order valence-corrected chi connectivity index (χ1v) is 9.50. The third-order valence-electron chi connectivity index (χ3n) is 5.72. The van der Waals surface area contributed by atoms with E-state index in [1.54, 1.807) is 0 Å². The lowest BCUT2D eigenvalue weighted by atomic mass is 9.82. The molecule has 1 atom stereocenters. The number of likely N-dealkylation sites (tertiary alicyclic amines) is 2. The fraction of sp³-hybridized carbons (Fsp3) is 0.684. The summed E-state index contributed by atoms with van der Waals surface area (Å²) in [6.07, 6.45) is 8.26. The number of amides is 2. The predicted octanol–water partition coefficient (Wildman–Crippen LogP) is 1.87. The highest BCUT2D eigenvalue weighted by Crippen LogP contribution is 2.36. The molecule has 1 aromatic rings. The molecule has 4 rings (SSSR count). The van der Waals surface area contributed by atoms with Crippen molar-refractivity contribution in [2.24, 2.45) is 5.92 Å². The molecule has 0 bridgehead atoms. The van der Waals surface area contributed by atoms with Gasteiger partial charge in [-0.2, -0.15) is 0 Å². The van der Waals surface area contributed by atoms with Gasteiger partial charge in [-0.15, -0.1) is 0 Å². The van der Waals surface area contributed by atoms with Gasteiger partial charge < -0.3 is 15.0 Å². The van der Waals surface area contributed by atoms with Gasteiger partial charge in [0.2, 0.25) is 0 Å². The van der Waals surface area contributed by atoms with Crippen molar-refractivity contribution in [3.8, 4) is 0 Å². The molecular weight excluding hydrogens is 316 g/mol. The van der Waals surface area contributed by atoms with Gasteiger partial charge >= 0.3 is 6.03 Å². The highest BCUT2D eigenvalue weighted by Gasteiger charge is 2.46. The van der Waals surface area contributed by atoms with Gasteiger partial charge in [-0.1, -0.05) is 6.07 Å². The van der Waals surface area contributed by atoms with Crippen LogP contribution < -0.4 is 5.32 Å². The van der Waals surface area contributed by atoms with Gasteiger partial charge in [0.15, 0.2) is 0 Å². The minimum atomic E-state index is 0.0532. The molecule has 3 aliphatic heterocycles. The Balaban J connectivity index is 1.16. The smallest absolute Gasteiger partial charge is 0.317 e. The molecule has 0 aliphatic carbocycles. The number of carbonyl (C=O) groups is 1. The van der Waals surface area contributed by atoms with Crippen LogP contribution in [0.25, 0.3) is 0 Å². The van der Waals surface area contributed by atoms with Gasteiger partial charge in [-0.25, -0.2) is 4.79 Å². The van der Waals surface area contributed by atoms with Crippen molar-refractivity contribution in [3.63, 3.8) is 0 Å². The molecule has 0 radical (unpaired) electrons. The van der Waals surface area contributed by atoms with E-state index in [1.807, 2.05) is 23.4 Å².